The van der Waals surface area contributed by atoms with E-state index in [1.807, 2.05) is 0 Å². The fourth-order valence-electron chi connectivity index (χ4n) is 2.83. The number of rotatable bonds is 8. The molecule has 0 spiro atoms. The van der Waals surface area contributed by atoms with Crippen LogP contribution < -0.4 is 0 Å². The van der Waals surface area contributed by atoms with Crippen LogP contribution in [0.25, 0.3) is 10.7 Å². The average Bonchev–Trinajstić information content (AvgIpc) is 2.71. The molecule has 0 aliphatic heterocycles. The Morgan fingerprint density at radius 1 is 0.618 bits per heavy atom. The zero-order valence-corrected chi connectivity index (χ0v) is 17.2. The van der Waals surface area contributed by atoms with Gasteiger partial charge in [-0.25, -0.2) is 0 Å². The largest absolute Gasteiger partial charge is 0.437 e. The summed E-state index contributed by atoms with van der Waals surface area (Å²) in [5.41, 5.74) is -15.0. The number of hydrogen-bond donors (Lipinski definition) is 0. The fraction of sp³-hybridized carbons (Fsp3) is 0. The topological polar surface area (TPSA) is 259 Å². The van der Waals surface area contributed by atoms with Crippen molar-refractivity contribution in [1.29, 1.82) is 0 Å². The van der Waals surface area contributed by atoms with Crippen LogP contribution in [0.1, 0.15) is 11.1 Å². The van der Waals surface area contributed by atoms with E-state index < -0.39 is 79.8 Å². The molecule has 0 unspecified atom stereocenters. The standard InChI is InChI=1S/C14H4Cl2N6O12/c15-6-4-2-1-3-5(6)8(16)9(17(23)24)7-10(18(25)26)12(20(29)30)14(22(33)34)13(21(31)32)11(7)19(27)28/h1-4H. The van der Waals surface area contributed by atoms with Crippen LogP contribution in [0.5, 0.6) is 0 Å². The zero-order valence-electron chi connectivity index (χ0n) is 15.6. The summed E-state index contributed by atoms with van der Waals surface area (Å²) in [6.45, 7) is 0. The molecule has 0 fully saturated rings. The Kier molecular flexibility index (Phi) is 6.98. The van der Waals surface area contributed by atoms with E-state index in [1.54, 1.807) is 0 Å². The highest BCUT2D eigenvalue weighted by atomic mass is 35.5. The molecule has 0 aliphatic rings. The molecule has 20 heteroatoms. The maximum atomic E-state index is 11.9. The molecule has 2 aromatic carbocycles. The van der Waals surface area contributed by atoms with Crippen LogP contribution in [-0.2, 0) is 0 Å². The number of hydrogen-bond acceptors (Lipinski definition) is 12. The molecule has 34 heavy (non-hydrogen) atoms. The third-order valence-electron chi connectivity index (χ3n) is 4.02. The van der Waals surface area contributed by atoms with Crippen molar-refractivity contribution in [1.82, 2.24) is 0 Å². The van der Waals surface area contributed by atoms with Crippen LogP contribution in [0, 0.1) is 60.7 Å². The minimum atomic E-state index is -2.23. The Morgan fingerprint density at radius 3 is 1.29 bits per heavy atom. The lowest BCUT2D eigenvalue weighted by atomic mass is 10.00. The minimum Gasteiger partial charge on any atom is -0.258 e. The Morgan fingerprint density at radius 2 is 0.971 bits per heavy atom. The molecule has 0 saturated carbocycles. The van der Waals surface area contributed by atoms with E-state index in [9.17, 15) is 60.7 Å². The second-order valence-electron chi connectivity index (χ2n) is 5.80. The van der Waals surface area contributed by atoms with Gasteiger partial charge in [0.1, 0.15) is 5.03 Å². The normalized spacial score (nSPS) is 11.4. The first-order valence-corrected chi connectivity index (χ1v) is 8.74. The van der Waals surface area contributed by atoms with Gasteiger partial charge >= 0.3 is 34.1 Å². The molecular formula is C14H4Cl2N6O12. The maximum Gasteiger partial charge on any atom is 0.437 e. The van der Waals surface area contributed by atoms with Crippen molar-refractivity contribution < 1.29 is 29.5 Å². The summed E-state index contributed by atoms with van der Waals surface area (Å²) < 4.78 is 0. The van der Waals surface area contributed by atoms with Gasteiger partial charge in [0.2, 0.25) is 5.56 Å². The van der Waals surface area contributed by atoms with E-state index in [0.717, 1.165) is 12.1 Å². The average molecular weight is 519 g/mol. The Hall–Kier alpha value is -4.84. The van der Waals surface area contributed by atoms with Gasteiger partial charge in [0, 0.05) is 10.6 Å². The van der Waals surface area contributed by atoms with E-state index in [0.29, 0.717) is 0 Å². The van der Waals surface area contributed by atoms with Gasteiger partial charge in [-0.05, 0) is 6.07 Å². The second-order valence-corrected chi connectivity index (χ2v) is 6.59. The monoisotopic (exact) mass is 518 g/mol. The minimum absolute atomic E-state index is 0.317. The molecule has 18 nitrogen and oxygen atoms in total. The summed E-state index contributed by atoms with van der Waals surface area (Å²) in [5.74, 6) is 0. The lowest BCUT2D eigenvalue weighted by Gasteiger charge is -2.08. The van der Waals surface area contributed by atoms with Crippen LogP contribution >= 0.6 is 23.2 Å². The molecular weight excluding hydrogens is 515 g/mol. The van der Waals surface area contributed by atoms with Crippen molar-refractivity contribution in [2.45, 2.75) is 0 Å². The maximum absolute atomic E-state index is 11.9. The lowest BCUT2D eigenvalue weighted by molar-refractivity contribution is -0.461. The first-order valence-electron chi connectivity index (χ1n) is 7.99. The predicted octanol–water partition coefficient (Wildman–Crippen LogP) is 4.22. The van der Waals surface area contributed by atoms with Gasteiger partial charge in [-0.3, -0.25) is 60.7 Å². The molecule has 176 valence electrons. The van der Waals surface area contributed by atoms with Crippen molar-refractivity contribution in [3.05, 3.63) is 101 Å². The van der Waals surface area contributed by atoms with Crippen LogP contribution in [-0.4, -0.2) is 29.5 Å². The molecule has 0 atom stereocenters. The van der Waals surface area contributed by atoms with Gasteiger partial charge in [0.05, 0.1) is 29.5 Å². The first-order chi connectivity index (χ1) is 15.7. The molecule has 0 aromatic heterocycles. The fourth-order valence-corrected chi connectivity index (χ4v) is 3.44. The predicted molar refractivity (Wildman–Crippen MR) is 111 cm³/mol. The molecule has 0 saturated heterocycles. The SMILES string of the molecule is O=[N+]([O-])C(=C(Cl)c1ccccc1Cl)c1c([N+](=O)[O-])c([N+](=O)[O-])c([N+](=O)[O-])c([N+](=O)[O-])c1[N+](=O)[O-]. The third-order valence-corrected chi connectivity index (χ3v) is 4.73. The van der Waals surface area contributed by atoms with E-state index in [-0.39, 0.29) is 5.02 Å². The highest BCUT2D eigenvalue weighted by molar-refractivity contribution is 6.53. The Bertz CT molecular complexity index is 1300. The smallest absolute Gasteiger partial charge is 0.258 e. The van der Waals surface area contributed by atoms with Gasteiger partial charge in [0.25, 0.3) is 0 Å². The number of halogens is 2. The number of nitrogens with zero attached hydrogens (tertiary/aromatic N) is 6. The van der Waals surface area contributed by atoms with Crippen molar-refractivity contribution >= 4 is 62.4 Å². The summed E-state index contributed by atoms with van der Waals surface area (Å²) in [5, 5.41) is 68.2. The summed E-state index contributed by atoms with van der Waals surface area (Å²) in [6, 6.07) is 4.72. The van der Waals surface area contributed by atoms with E-state index >= 15 is 0 Å². The molecule has 0 radical (unpaired) electrons. The molecule has 2 rings (SSSR count). The molecule has 0 N–H and O–H groups in total. The van der Waals surface area contributed by atoms with Crippen molar-refractivity contribution in [2.24, 2.45) is 0 Å². The van der Waals surface area contributed by atoms with Gasteiger partial charge in [-0.2, -0.15) is 0 Å². The highest BCUT2D eigenvalue weighted by Gasteiger charge is 2.57. The third kappa shape index (κ3) is 4.25. The van der Waals surface area contributed by atoms with Crippen LogP contribution in [0.4, 0.5) is 28.4 Å². The molecule has 0 heterocycles. The summed E-state index contributed by atoms with van der Waals surface area (Å²) >= 11 is 11.8. The van der Waals surface area contributed by atoms with Crippen molar-refractivity contribution in [2.75, 3.05) is 0 Å². The number of nitro groups is 6. The van der Waals surface area contributed by atoms with Gasteiger partial charge in [-0.1, -0.05) is 41.4 Å². The first kappa shape index (κ1) is 25.4. The van der Waals surface area contributed by atoms with Gasteiger partial charge in [-0.15, -0.1) is 0 Å². The van der Waals surface area contributed by atoms with Crippen molar-refractivity contribution in [3.8, 4) is 0 Å². The van der Waals surface area contributed by atoms with Crippen LogP contribution in [0.2, 0.25) is 5.02 Å². The molecule has 0 aliphatic carbocycles. The van der Waals surface area contributed by atoms with E-state index in [4.69, 9.17) is 23.2 Å². The van der Waals surface area contributed by atoms with Gasteiger partial charge in [0.15, 0.2) is 0 Å². The Balaban J connectivity index is 3.45. The quantitative estimate of drug-likeness (QED) is 0.270. The summed E-state index contributed by atoms with van der Waals surface area (Å²) in [4.78, 5) is 59.1. The molecule has 0 amide bonds. The summed E-state index contributed by atoms with van der Waals surface area (Å²) in [7, 11) is 0. The van der Waals surface area contributed by atoms with Gasteiger partial charge < -0.3 is 0 Å². The van der Waals surface area contributed by atoms with Crippen molar-refractivity contribution in [3.63, 3.8) is 0 Å². The van der Waals surface area contributed by atoms with Crippen LogP contribution in [0.3, 0.4) is 0 Å². The van der Waals surface area contributed by atoms with E-state index in [1.165, 1.54) is 12.1 Å². The number of benzene rings is 2. The second kappa shape index (κ2) is 9.34. The highest BCUT2D eigenvalue weighted by Crippen LogP contribution is 2.55. The lowest BCUT2D eigenvalue weighted by Crippen LogP contribution is -2.13. The number of nitro benzene ring substituents is 5. The van der Waals surface area contributed by atoms with E-state index in [2.05, 4.69) is 0 Å². The Labute approximate surface area is 193 Å². The van der Waals surface area contributed by atoms with Crippen LogP contribution in [0.15, 0.2) is 24.3 Å². The molecule has 2 aromatic rings. The summed E-state index contributed by atoms with van der Waals surface area (Å²) in [6.07, 6.45) is 0. The molecule has 0 bridgehead atoms. The zero-order chi connectivity index (χ0) is 26.1.